The number of guanidine groups is 1. The van der Waals surface area contributed by atoms with Crippen molar-refractivity contribution in [1.29, 1.82) is 0 Å². The second-order valence-electron chi connectivity index (χ2n) is 6.14. The van der Waals surface area contributed by atoms with Crippen LogP contribution in [0.5, 0.6) is 0 Å². The maximum absolute atomic E-state index is 5.21. The summed E-state index contributed by atoms with van der Waals surface area (Å²) in [4.78, 5) is 4.37. The molecule has 1 aromatic heterocycles. The van der Waals surface area contributed by atoms with Crippen LogP contribution in [0, 0.1) is 13.8 Å². The molecule has 0 spiro atoms. The molecule has 1 aromatic rings. The standard InChI is InChI=1S/C17H30N4OS/c1-5-23-15-8-6-7-14(11-15)20-17(18-4)19-10-9-16-12(2)21-22-13(16)3/h14-15H,5-11H2,1-4H3,(H2,18,19,20)/t14-,15-/m1/s1. The number of rotatable bonds is 6. The largest absolute Gasteiger partial charge is 0.361 e. The van der Waals surface area contributed by atoms with E-state index in [1.807, 2.05) is 20.9 Å². The summed E-state index contributed by atoms with van der Waals surface area (Å²) in [6.07, 6.45) is 6.05. The summed E-state index contributed by atoms with van der Waals surface area (Å²) >= 11 is 2.09. The highest BCUT2D eigenvalue weighted by atomic mass is 32.2. The molecule has 0 aromatic carbocycles. The first-order valence-electron chi connectivity index (χ1n) is 8.64. The zero-order chi connectivity index (χ0) is 16.7. The van der Waals surface area contributed by atoms with Crippen molar-refractivity contribution in [2.24, 2.45) is 4.99 Å². The summed E-state index contributed by atoms with van der Waals surface area (Å²) in [5.41, 5.74) is 2.18. The molecule has 1 aliphatic carbocycles. The molecule has 6 heteroatoms. The van der Waals surface area contributed by atoms with Crippen LogP contribution >= 0.6 is 11.8 Å². The Kier molecular flexibility index (Phi) is 7.27. The average molecular weight is 339 g/mol. The first kappa shape index (κ1) is 18.2. The highest BCUT2D eigenvalue weighted by Gasteiger charge is 2.22. The van der Waals surface area contributed by atoms with Crippen LogP contribution in [0.4, 0.5) is 0 Å². The lowest BCUT2D eigenvalue weighted by Gasteiger charge is -2.30. The highest BCUT2D eigenvalue weighted by Crippen LogP contribution is 2.28. The van der Waals surface area contributed by atoms with Gasteiger partial charge in [-0.05, 0) is 45.3 Å². The Morgan fingerprint density at radius 3 is 2.87 bits per heavy atom. The molecular formula is C17H30N4OS. The molecule has 1 fully saturated rings. The summed E-state index contributed by atoms with van der Waals surface area (Å²) in [5.74, 6) is 3.03. The van der Waals surface area contributed by atoms with Gasteiger partial charge in [0.15, 0.2) is 5.96 Å². The van der Waals surface area contributed by atoms with Crippen molar-refractivity contribution in [3.05, 3.63) is 17.0 Å². The van der Waals surface area contributed by atoms with Gasteiger partial charge in [0.25, 0.3) is 0 Å². The molecule has 2 rings (SSSR count). The van der Waals surface area contributed by atoms with Gasteiger partial charge < -0.3 is 15.2 Å². The van der Waals surface area contributed by atoms with Crippen LogP contribution in [-0.4, -0.2) is 41.8 Å². The summed E-state index contributed by atoms with van der Waals surface area (Å²) < 4.78 is 5.21. The van der Waals surface area contributed by atoms with Crippen molar-refractivity contribution in [2.45, 2.75) is 64.2 Å². The van der Waals surface area contributed by atoms with Crippen LogP contribution in [-0.2, 0) is 6.42 Å². The second kappa shape index (κ2) is 9.21. The van der Waals surface area contributed by atoms with Gasteiger partial charge in [-0.15, -0.1) is 0 Å². The number of aliphatic imine (C=N–C) groups is 1. The van der Waals surface area contributed by atoms with E-state index in [0.717, 1.165) is 35.6 Å². The van der Waals surface area contributed by atoms with E-state index in [1.54, 1.807) is 0 Å². The predicted octanol–water partition coefficient (Wildman–Crippen LogP) is 3.06. The first-order chi connectivity index (χ1) is 11.1. The molecule has 0 amide bonds. The molecule has 1 aliphatic rings. The number of hydrogen-bond donors (Lipinski definition) is 2. The fraction of sp³-hybridized carbons (Fsp3) is 0.765. The summed E-state index contributed by atoms with van der Waals surface area (Å²) in [5, 5.41) is 11.8. The minimum atomic E-state index is 0.540. The Hall–Kier alpha value is -1.17. The third kappa shape index (κ3) is 5.44. The fourth-order valence-electron chi connectivity index (χ4n) is 3.22. The van der Waals surface area contributed by atoms with Gasteiger partial charge in [0, 0.05) is 30.4 Å². The molecule has 2 atom stereocenters. The quantitative estimate of drug-likeness (QED) is 0.616. The minimum Gasteiger partial charge on any atom is -0.361 e. The normalized spacial score (nSPS) is 22.2. The van der Waals surface area contributed by atoms with E-state index in [-0.39, 0.29) is 0 Å². The van der Waals surface area contributed by atoms with Gasteiger partial charge in [-0.1, -0.05) is 18.5 Å². The van der Waals surface area contributed by atoms with Crippen LogP contribution in [0.3, 0.4) is 0 Å². The monoisotopic (exact) mass is 338 g/mol. The van der Waals surface area contributed by atoms with Crippen molar-refractivity contribution in [3.63, 3.8) is 0 Å². The van der Waals surface area contributed by atoms with Gasteiger partial charge in [-0.3, -0.25) is 4.99 Å². The van der Waals surface area contributed by atoms with E-state index < -0.39 is 0 Å². The molecule has 0 radical (unpaired) electrons. The second-order valence-corrected chi connectivity index (χ2v) is 7.71. The number of hydrogen-bond acceptors (Lipinski definition) is 4. The highest BCUT2D eigenvalue weighted by molar-refractivity contribution is 7.99. The molecule has 2 N–H and O–H groups in total. The Balaban J connectivity index is 1.77. The van der Waals surface area contributed by atoms with Crippen molar-refractivity contribution in [2.75, 3.05) is 19.3 Å². The Morgan fingerprint density at radius 2 is 2.22 bits per heavy atom. The third-order valence-electron chi connectivity index (χ3n) is 4.44. The minimum absolute atomic E-state index is 0.540. The van der Waals surface area contributed by atoms with Gasteiger partial charge in [0.05, 0.1) is 5.69 Å². The maximum atomic E-state index is 5.21. The van der Waals surface area contributed by atoms with E-state index in [0.29, 0.717) is 6.04 Å². The van der Waals surface area contributed by atoms with E-state index in [4.69, 9.17) is 4.52 Å². The van der Waals surface area contributed by atoms with Crippen molar-refractivity contribution >= 4 is 17.7 Å². The molecule has 1 saturated carbocycles. The SMILES string of the molecule is CCS[C@@H]1CCC[C@@H](NC(=NC)NCCc2c(C)noc2C)C1. The van der Waals surface area contributed by atoms with Gasteiger partial charge in [-0.2, -0.15) is 11.8 Å². The van der Waals surface area contributed by atoms with E-state index in [9.17, 15) is 0 Å². The van der Waals surface area contributed by atoms with Crippen molar-refractivity contribution in [1.82, 2.24) is 15.8 Å². The molecule has 5 nitrogen and oxygen atoms in total. The van der Waals surface area contributed by atoms with E-state index in [2.05, 4.69) is 39.5 Å². The number of thioether (sulfide) groups is 1. The van der Waals surface area contributed by atoms with Gasteiger partial charge in [-0.25, -0.2) is 0 Å². The zero-order valence-electron chi connectivity index (χ0n) is 14.8. The van der Waals surface area contributed by atoms with E-state index in [1.165, 1.54) is 37.0 Å². The van der Waals surface area contributed by atoms with Crippen molar-refractivity contribution < 1.29 is 4.52 Å². The number of nitrogens with one attached hydrogen (secondary N) is 2. The number of aryl methyl sites for hydroxylation is 2. The molecule has 1 heterocycles. The van der Waals surface area contributed by atoms with Crippen LogP contribution in [0.1, 0.15) is 49.6 Å². The molecule has 130 valence electrons. The number of nitrogens with zero attached hydrogens (tertiary/aromatic N) is 2. The van der Waals surface area contributed by atoms with Gasteiger partial charge in [0.1, 0.15) is 5.76 Å². The molecular weight excluding hydrogens is 308 g/mol. The molecule has 0 aliphatic heterocycles. The van der Waals surface area contributed by atoms with Crippen LogP contribution in [0.25, 0.3) is 0 Å². The lowest BCUT2D eigenvalue weighted by molar-refractivity contribution is 0.392. The molecule has 0 bridgehead atoms. The zero-order valence-corrected chi connectivity index (χ0v) is 15.6. The third-order valence-corrected chi connectivity index (χ3v) is 5.67. The van der Waals surface area contributed by atoms with Gasteiger partial charge >= 0.3 is 0 Å². The maximum Gasteiger partial charge on any atom is 0.191 e. The topological polar surface area (TPSA) is 62.5 Å². The van der Waals surface area contributed by atoms with Crippen molar-refractivity contribution in [3.8, 4) is 0 Å². The summed E-state index contributed by atoms with van der Waals surface area (Å²) in [7, 11) is 1.84. The molecule has 23 heavy (non-hydrogen) atoms. The Labute approximate surface area is 144 Å². The van der Waals surface area contributed by atoms with Crippen LogP contribution < -0.4 is 10.6 Å². The van der Waals surface area contributed by atoms with Crippen LogP contribution in [0.2, 0.25) is 0 Å². The average Bonchev–Trinajstić information content (AvgIpc) is 2.86. The fourth-order valence-corrected chi connectivity index (χ4v) is 4.39. The Morgan fingerprint density at radius 1 is 1.39 bits per heavy atom. The number of aromatic nitrogens is 1. The van der Waals surface area contributed by atoms with Gasteiger partial charge in [0.2, 0.25) is 0 Å². The summed E-state index contributed by atoms with van der Waals surface area (Å²) in [6, 6.07) is 0.540. The lowest BCUT2D eigenvalue weighted by atomic mass is 9.95. The first-order valence-corrected chi connectivity index (χ1v) is 9.69. The lowest BCUT2D eigenvalue weighted by Crippen LogP contribution is -2.46. The summed E-state index contributed by atoms with van der Waals surface area (Å²) in [6.45, 7) is 7.04. The van der Waals surface area contributed by atoms with E-state index >= 15 is 0 Å². The molecule has 0 saturated heterocycles. The predicted molar refractivity (Wildman–Crippen MR) is 98.4 cm³/mol. The Bertz CT molecular complexity index is 493. The smallest absolute Gasteiger partial charge is 0.191 e. The van der Waals surface area contributed by atoms with Crippen LogP contribution in [0.15, 0.2) is 9.52 Å². The molecule has 0 unspecified atom stereocenters.